The van der Waals surface area contributed by atoms with Crippen molar-refractivity contribution in [1.29, 1.82) is 0 Å². The number of aromatic amines is 1. The van der Waals surface area contributed by atoms with Crippen LogP contribution in [0.4, 0.5) is 0 Å². The predicted molar refractivity (Wildman–Crippen MR) is 83.7 cm³/mol. The summed E-state index contributed by atoms with van der Waals surface area (Å²) in [5, 5.41) is 5.05. The Hall–Kier alpha value is -1.86. The maximum Gasteiger partial charge on any atom is 0.281 e. The number of carbonyl (C=O) groups is 1. The summed E-state index contributed by atoms with van der Waals surface area (Å²) in [5.74, 6) is 0.796. The number of carbonyl (C=O) groups excluding carboxylic acids is 1. The Labute approximate surface area is 126 Å². The van der Waals surface area contributed by atoms with E-state index in [9.17, 15) is 4.79 Å². The highest BCUT2D eigenvalue weighted by Gasteiger charge is 2.32. The molecule has 1 amide bonds. The fraction of sp³-hybridized carbons (Fsp3) is 0.357. The molecule has 2 fully saturated rings. The smallest absolute Gasteiger partial charge is 0.281 e. The van der Waals surface area contributed by atoms with Gasteiger partial charge in [0, 0.05) is 43.2 Å². The lowest BCUT2D eigenvalue weighted by Gasteiger charge is -2.30. The molecule has 4 rings (SSSR count). The first-order chi connectivity index (χ1) is 10.3. The Morgan fingerprint density at radius 1 is 1.52 bits per heavy atom. The van der Waals surface area contributed by atoms with Gasteiger partial charge in [-0.2, -0.15) is 4.99 Å². The van der Waals surface area contributed by atoms with Crippen molar-refractivity contribution in [2.24, 2.45) is 4.99 Å². The largest absolute Gasteiger partial charge is 0.345 e. The number of rotatable bonds is 1. The fourth-order valence-electron chi connectivity index (χ4n) is 2.79. The minimum absolute atomic E-state index is 0.198. The fourth-order valence-corrected chi connectivity index (χ4v) is 3.98. The monoisotopic (exact) mass is 301 g/mol. The number of thioether (sulfide) groups is 1. The molecule has 0 saturated carbocycles. The Bertz CT molecular complexity index is 725. The normalized spacial score (nSPS) is 23.7. The Balaban J connectivity index is 1.64. The molecule has 21 heavy (non-hydrogen) atoms. The SMILES string of the molecule is O=C(N=C1SCC2CNCCN12)c1c[nH]c2ncccc12. The van der Waals surface area contributed by atoms with E-state index in [0.717, 1.165) is 41.6 Å². The number of fused-ring (bicyclic) bond motifs is 2. The number of piperazine rings is 1. The Morgan fingerprint density at radius 2 is 2.48 bits per heavy atom. The third kappa shape index (κ3) is 2.22. The zero-order chi connectivity index (χ0) is 14.2. The van der Waals surface area contributed by atoms with Gasteiger partial charge in [-0.3, -0.25) is 4.79 Å². The molecule has 0 spiro atoms. The molecular formula is C14H15N5OS. The van der Waals surface area contributed by atoms with Crippen LogP contribution in [0.15, 0.2) is 29.5 Å². The zero-order valence-corrected chi connectivity index (χ0v) is 12.2. The van der Waals surface area contributed by atoms with E-state index in [1.165, 1.54) is 0 Å². The maximum absolute atomic E-state index is 12.5. The van der Waals surface area contributed by atoms with Gasteiger partial charge in [0.1, 0.15) is 5.65 Å². The quantitative estimate of drug-likeness (QED) is 0.824. The van der Waals surface area contributed by atoms with Crippen molar-refractivity contribution in [1.82, 2.24) is 20.2 Å². The van der Waals surface area contributed by atoms with Crippen molar-refractivity contribution >= 4 is 33.9 Å². The van der Waals surface area contributed by atoms with E-state index >= 15 is 0 Å². The molecule has 2 aliphatic rings. The molecule has 6 nitrogen and oxygen atoms in total. The molecule has 0 bridgehead atoms. The van der Waals surface area contributed by atoms with Gasteiger partial charge in [-0.1, -0.05) is 11.8 Å². The van der Waals surface area contributed by atoms with Crippen molar-refractivity contribution in [3.63, 3.8) is 0 Å². The van der Waals surface area contributed by atoms with E-state index in [0.29, 0.717) is 11.6 Å². The third-order valence-electron chi connectivity index (χ3n) is 3.88. The molecule has 0 aromatic carbocycles. The van der Waals surface area contributed by atoms with Gasteiger partial charge in [0.15, 0.2) is 5.17 Å². The predicted octanol–water partition coefficient (Wildman–Crippen LogP) is 1.08. The van der Waals surface area contributed by atoms with Crippen molar-refractivity contribution in [3.8, 4) is 0 Å². The average molecular weight is 301 g/mol. The van der Waals surface area contributed by atoms with Crippen LogP contribution in [0.5, 0.6) is 0 Å². The first kappa shape index (κ1) is 12.8. The molecule has 108 valence electrons. The molecule has 1 atom stereocenters. The molecule has 0 radical (unpaired) electrons. The maximum atomic E-state index is 12.5. The van der Waals surface area contributed by atoms with Crippen molar-refractivity contribution in [2.75, 3.05) is 25.4 Å². The molecular weight excluding hydrogens is 286 g/mol. The van der Waals surface area contributed by atoms with Crippen molar-refractivity contribution in [3.05, 3.63) is 30.1 Å². The second-order valence-corrected chi connectivity index (χ2v) is 6.15. The molecule has 2 saturated heterocycles. The molecule has 0 aliphatic carbocycles. The average Bonchev–Trinajstić information content (AvgIpc) is 3.12. The number of H-pyrrole nitrogens is 1. The van der Waals surface area contributed by atoms with Gasteiger partial charge in [0.2, 0.25) is 0 Å². The second-order valence-electron chi connectivity index (χ2n) is 5.16. The van der Waals surface area contributed by atoms with Crippen LogP contribution in [0.2, 0.25) is 0 Å². The zero-order valence-electron chi connectivity index (χ0n) is 11.4. The molecule has 2 aromatic heterocycles. The van der Waals surface area contributed by atoms with E-state index in [4.69, 9.17) is 0 Å². The van der Waals surface area contributed by atoms with Crippen LogP contribution >= 0.6 is 11.8 Å². The summed E-state index contributed by atoms with van der Waals surface area (Å²) in [4.78, 5) is 26.3. The minimum Gasteiger partial charge on any atom is -0.345 e. The number of nitrogens with one attached hydrogen (secondary N) is 2. The molecule has 7 heteroatoms. The van der Waals surface area contributed by atoms with Crippen LogP contribution in [0.3, 0.4) is 0 Å². The van der Waals surface area contributed by atoms with E-state index in [-0.39, 0.29) is 5.91 Å². The van der Waals surface area contributed by atoms with Crippen LogP contribution in [-0.2, 0) is 0 Å². The molecule has 1 unspecified atom stereocenters. The minimum atomic E-state index is -0.198. The number of aliphatic imine (C=N–C) groups is 1. The highest BCUT2D eigenvalue weighted by molar-refractivity contribution is 8.14. The van der Waals surface area contributed by atoms with Gasteiger partial charge in [-0.05, 0) is 12.1 Å². The summed E-state index contributed by atoms with van der Waals surface area (Å²) < 4.78 is 0. The first-order valence-corrected chi connectivity index (χ1v) is 7.97. The van der Waals surface area contributed by atoms with Crippen LogP contribution in [0.25, 0.3) is 11.0 Å². The van der Waals surface area contributed by atoms with Gasteiger partial charge in [-0.15, -0.1) is 0 Å². The van der Waals surface area contributed by atoms with Gasteiger partial charge in [0.25, 0.3) is 5.91 Å². The van der Waals surface area contributed by atoms with E-state index in [1.54, 1.807) is 24.2 Å². The lowest BCUT2D eigenvalue weighted by atomic mass is 10.2. The lowest BCUT2D eigenvalue weighted by molar-refractivity contribution is 0.100. The van der Waals surface area contributed by atoms with E-state index in [2.05, 4.69) is 25.2 Å². The number of hydrogen-bond donors (Lipinski definition) is 2. The van der Waals surface area contributed by atoms with Gasteiger partial charge >= 0.3 is 0 Å². The van der Waals surface area contributed by atoms with Gasteiger partial charge in [0.05, 0.1) is 11.6 Å². The van der Waals surface area contributed by atoms with Crippen LogP contribution < -0.4 is 5.32 Å². The van der Waals surface area contributed by atoms with Crippen LogP contribution in [0, 0.1) is 0 Å². The third-order valence-corrected chi connectivity index (χ3v) is 5.01. The van der Waals surface area contributed by atoms with Crippen LogP contribution in [-0.4, -0.2) is 57.4 Å². The van der Waals surface area contributed by atoms with Crippen molar-refractivity contribution in [2.45, 2.75) is 6.04 Å². The number of aromatic nitrogens is 2. The summed E-state index contributed by atoms with van der Waals surface area (Å²) in [6.07, 6.45) is 3.40. The Kier molecular flexibility index (Phi) is 3.16. The second kappa shape index (κ2) is 5.16. The topological polar surface area (TPSA) is 73.4 Å². The molecule has 2 N–H and O–H groups in total. The van der Waals surface area contributed by atoms with E-state index in [1.807, 2.05) is 12.1 Å². The van der Waals surface area contributed by atoms with Crippen molar-refractivity contribution < 1.29 is 4.79 Å². The summed E-state index contributed by atoms with van der Waals surface area (Å²) in [6.45, 7) is 2.83. The molecule has 2 aromatic rings. The first-order valence-electron chi connectivity index (χ1n) is 6.98. The van der Waals surface area contributed by atoms with Crippen LogP contribution in [0.1, 0.15) is 10.4 Å². The highest BCUT2D eigenvalue weighted by Crippen LogP contribution is 2.26. The van der Waals surface area contributed by atoms with Gasteiger partial charge in [-0.25, -0.2) is 4.98 Å². The van der Waals surface area contributed by atoms with E-state index < -0.39 is 0 Å². The number of pyridine rings is 1. The summed E-state index contributed by atoms with van der Waals surface area (Å²) in [7, 11) is 0. The molecule has 2 aliphatic heterocycles. The standard InChI is InChI=1S/C14H15N5OS/c20-13(11-7-17-12-10(11)2-1-3-16-12)18-14-19-5-4-15-6-9(19)8-21-14/h1-3,7,9,15H,4-6,8H2,(H,16,17). The Morgan fingerprint density at radius 3 is 3.43 bits per heavy atom. The number of amides is 1. The van der Waals surface area contributed by atoms with Gasteiger partial charge < -0.3 is 15.2 Å². The highest BCUT2D eigenvalue weighted by atomic mass is 32.2. The number of amidine groups is 1. The lowest BCUT2D eigenvalue weighted by Crippen LogP contribution is -2.50. The summed E-state index contributed by atoms with van der Waals surface area (Å²) >= 11 is 1.67. The summed E-state index contributed by atoms with van der Waals surface area (Å²) in [6, 6.07) is 4.18. The molecule has 4 heterocycles. The summed E-state index contributed by atoms with van der Waals surface area (Å²) in [5.41, 5.74) is 1.31. The number of hydrogen-bond acceptors (Lipinski definition) is 4. The number of nitrogens with zero attached hydrogens (tertiary/aromatic N) is 3.